The quantitative estimate of drug-likeness (QED) is 0.840. The maximum absolute atomic E-state index is 10.3. The summed E-state index contributed by atoms with van der Waals surface area (Å²) < 4.78 is 10.4. The van der Waals surface area contributed by atoms with Gasteiger partial charge in [0.05, 0.1) is 0 Å². The molecule has 1 aromatic heterocycles. The molecule has 17 heavy (non-hydrogen) atoms. The lowest BCUT2D eigenvalue weighted by Gasteiger charge is -2.09. The second kappa shape index (κ2) is 5.27. The van der Waals surface area contributed by atoms with Crippen molar-refractivity contribution in [1.82, 2.24) is 10.2 Å². The van der Waals surface area contributed by atoms with Crippen LogP contribution in [0.5, 0.6) is 0 Å². The first-order valence-electron chi connectivity index (χ1n) is 5.78. The summed E-state index contributed by atoms with van der Waals surface area (Å²) >= 11 is 0. The number of hydrogen-bond donors (Lipinski definition) is 1. The minimum absolute atomic E-state index is 0.0560. The maximum atomic E-state index is 10.3. The van der Waals surface area contributed by atoms with Crippen LogP contribution < -0.4 is 0 Å². The summed E-state index contributed by atoms with van der Waals surface area (Å²) in [5.41, 5.74) is 0. The van der Waals surface area contributed by atoms with E-state index in [0.29, 0.717) is 23.6 Å². The molecule has 0 spiro atoms. The number of aliphatic carboxylic acids is 1. The predicted molar refractivity (Wildman–Crippen MR) is 57.3 cm³/mol. The second-order valence-corrected chi connectivity index (χ2v) is 4.44. The van der Waals surface area contributed by atoms with E-state index in [-0.39, 0.29) is 13.2 Å². The fourth-order valence-electron chi connectivity index (χ4n) is 2.21. The van der Waals surface area contributed by atoms with Gasteiger partial charge in [0, 0.05) is 5.92 Å². The fourth-order valence-corrected chi connectivity index (χ4v) is 2.21. The molecule has 1 aliphatic rings. The van der Waals surface area contributed by atoms with Gasteiger partial charge >= 0.3 is 5.97 Å². The van der Waals surface area contributed by atoms with Crippen LogP contribution >= 0.6 is 0 Å². The van der Waals surface area contributed by atoms with Crippen molar-refractivity contribution in [3.8, 4) is 0 Å². The number of carbonyl (C=O) groups is 1. The molecule has 6 nitrogen and oxygen atoms in total. The summed E-state index contributed by atoms with van der Waals surface area (Å²) in [6.07, 6.45) is 3.47. The van der Waals surface area contributed by atoms with Gasteiger partial charge in [-0.2, -0.15) is 0 Å². The Hall–Kier alpha value is -1.43. The van der Waals surface area contributed by atoms with Crippen molar-refractivity contribution in [2.75, 3.05) is 6.61 Å². The van der Waals surface area contributed by atoms with E-state index in [1.165, 1.54) is 12.8 Å². The van der Waals surface area contributed by atoms with Crippen LogP contribution in [0.15, 0.2) is 4.42 Å². The van der Waals surface area contributed by atoms with Crippen LogP contribution in [0.4, 0.5) is 0 Å². The summed E-state index contributed by atoms with van der Waals surface area (Å²) in [5, 5.41) is 16.3. The van der Waals surface area contributed by atoms with Gasteiger partial charge in [-0.15, -0.1) is 10.2 Å². The minimum atomic E-state index is -1.01. The zero-order chi connectivity index (χ0) is 12.3. The van der Waals surface area contributed by atoms with Gasteiger partial charge in [-0.1, -0.05) is 13.3 Å². The van der Waals surface area contributed by atoms with Crippen LogP contribution in [0.3, 0.4) is 0 Å². The molecule has 2 rings (SSSR count). The third-order valence-corrected chi connectivity index (χ3v) is 3.11. The van der Waals surface area contributed by atoms with Crippen LogP contribution in [-0.4, -0.2) is 27.9 Å². The number of carboxylic acids is 1. The third-order valence-electron chi connectivity index (χ3n) is 3.11. The highest BCUT2D eigenvalue weighted by Crippen LogP contribution is 2.38. The zero-order valence-corrected chi connectivity index (χ0v) is 9.76. The van der Waals surface area contributed by atoms with E-state index in [4.69, 9.17) is 14.3 Å². The lowest BCUT2D eigenvalue weighted by Crippen LogP contribution is -2.06. The molecule has 0 aromatic carbocycles. The summed E-state index contributed by atoms with van der Waals surface area (Å²) in [5.74, 6) is 0.914. The Morgan fingerprint density at radius 1 is 1.53 bits per heavy atom. The van der Waals surface area contributed by atoms with Crippen molar-refractivity contribution in [2.45, 2.75) is 38.7 Å². The normalized spacial score (nSPS) is 24.1. The molecule has 0 aliphatic heterocycles. The zero-order valence-electron chi connectivity index (χ0n) is 9.76. The fraction of sp³-hybridized carbons (Fsp3) is 0.727. The molecule has 1 aromatic rings. The Bertz CT molecular complexity index is 391. The standard InChI is InChI=1S/C11H16N2O4/c1-7-3-2-4-8(7)11-13-12-9(17-11)5-16-6-10(14)15/h7-8H,2-6H2,1H3,(H,14,15). The second-order valence-electron chi connectivity index (χ2n) is 4.44. The maximum Gasteiger partial charge on any atom is 0.329 e. The highest BCUT2D eigenvalue weighted by atomic mass is 16.5. The first kappa shape index (κ1) is 12.0. The Labute approximate surface area is 99.0 Å². The average Bonchev–Trinajstić information content (AvgIpc) is 2.86. The van der Waals surface area contributed by atoms with E-state index in [0.717, 1.165) is 6.42 Å². The Morgan fingerprint density at radius 2 is 2.35 bits per heavy atom. The Kier molecular flexibility index (Phi) is 3.73. The van der Waals surface area contributed by atoms with Gasteiger partial charge in [0.2, 0.25) is 11.8 Å². The lowest BCUT2D eigenvalue weighted by molar-refractivity contribution is -0.142. The highest BCUT2D eigenvalue weighted by Gasteiger charge is 2.29. The summed E-state index contributed by atoms with van der Waals surface area (Å²) in [7, 11) is 0. The van der Waals surface area contributed by atoms with E-state index >= 15 is 0 Å². The van der Waals surface area contributed by atoms with Crippen molar-refractivity contribution in [2.24, 2.45) is 5.92 Å². The van der Waals surface area contributed by atoms with E-state index in [9.17, 15) is 4.79 Å². The van der Waals surface area contributed by atoms with Crippen LogP contribution in [0.1, 0.15) is 43.9 Å². The molecule has 94 valence electrons. The summed E-state index contributed by atoms with van der Waals surface area (Å²) in [6, 6.07) is 0. The van der Waals surface area contributed by atoms with E-state index < -0.39 is 5.97 Å². The molecule has 1 fully saturated rings. The predicted octanol–water partition coefficient (Wildman–Crippen LogP) is 1.57. The third kappa shape index (κ3) is 3.03. The van der Waals surface area contributed by atoms with Crippen molar-refractivity contribution < 1.29 is 19.1 Å². The molecule has 0 amide bonds. The molecule has 0 radical (unpaired) electrons. The lowest BCUT2D eigenvalue weighted by atomic mass is 9.98. The minimum Gasteiger partial charge on any atom is -0.480 e. The van der Waals surface area contributed by atoms with E-state index in [1.807, 2.05) is 0 Å². The number of aromatic nitrogens is 2. The van der Waals surface area contributed by atoms with Gasteiger partial charge in [0.1, 0.15) is 13.2 Å². The molecule has 2 atom stereocenters. The largest absolute Gasteiger partial charge is 0.480 e. The first-order valence-corrected chi connectivity index (χ1v) is 5.78. The molecule has 1 saturated carbocycles. The number of hydrogen-bond acceptors (Lipinski definition) is 5. The Balaban J connectivity index is 1.89. The summed E-state index contributed by atoms with van der Waals surface area (Å²) in [4.78, 5) is 10.3. The summed E-state index contributed by atoms with van der Waals surface area (Å²) in [6.45, 7) is 1.89. The molecular formula is C11H16N2O4. The number of ether oxygens (including phenoxy) is 1. The van der Waals surface area contributed by atoms with E-state index in [2.05, 4.69) is 17.1 Å². The van der Waals surface area contributed by atoms with Gasteiger partial charge in [-0.05, 0) is 18.8 Å². The smallest absolute Gasteiger partial charge is 0.329 e. The van der Waals surface area contributed by atoms with Gasteiger partial charge < -0.3 is 14.3 Å². The van der Waals surface area contributed by atoms with Crippen molar-refractivity contribution in [1.29, 1.82) is 0 Å². The van der Waals surface area contributed by atoms with Gasteiger partial charge in [0.25, 0.3) is 0 Å². The van der Waals surface area contributed by atoms with Gasteiger partial charge in [-0.25, -0.2) is 4.79 Å². The molecule has 6 heteroatoms. The van der Waals surface area contributed by atoms with Crippen LogP contribution in [-0.2, 0) is 16.1 Å². The van der Waals surface area contributed by atoms with E-state index in [1.54, 1.807) is 0 Å². The molecule has 0 saturated heterocycles. The number of rotatable bonds is 5. The Morgan fingerprint density at radius 3 is 3.00 bits per heavy atom. The highest BCUT2D eigenvalue weighted by molar-refractivity contribution is 5.67. The van der Waals surface area contributed by atoms with Gasteiger partial charge in [-0.3, -0.25) is 0 Å². The number of nitrogens with zero attached hydrogens (tertiary/aromatic N) is 2. The molecule has 1 heterocycles. The number of carboxylic acid groups (broad SMARTS) is 1. The van der Waals surface area contributed by atoms with Crippen molar-refractivity contribution >= 4 is 5.97 Å². The monoisotopic (exact) mass is 240 g/mol. The van der Waals surface area contributed by atoms with Crippen LogP contribution in [0, 0.1) is 5.92 Å². The molecule has 0 bridgehead atoms. The first-order chi connectivity index (χ1) is 8.16. The SMILES string of the molecule is CC1CCCC1c1nnc(COCC(=O)O)o1. The van der Waals surface area contributed by atoms with Crippen LogP contribution in [0.25, 0.3) is 0 Å². The molecule has 1 aliphatic carbocycles. The average molecular weight is 240 g/mol. The van der Waals surface area contributed by atoms with Gasteiger partial charge in [0.15, 0.2) is 0 Å². The molecule has 1 N–H and O–H groups in total. The topological polar surface area (TPSA) is 85.5 Å². The van der Waals surface area contributed by atoms with Crippen LogP contribution in [0.2, 0.25) is 0 Å². The molecule has 2 unspecified atom stereocenters. The molecular weight excluding hydrogens is 224 g/mol. The van der Waals surface area contributed by atoms with Crippen molar-refractivity contribution in [3.63, 3.8) is 0 Å². The van der Waals surface area contributed by atoms with Crippen molar-refractivity contribution in [3.05, 3.63) is 11.8 Å².